The summed E-state index contributed by atoms with van der Waals surface area (Å²) in [6, 6.07) is 1.23. The van der Waals surface area contributed by atoms with Crippen molar-refractivity contribution in [3.05, 3.63) is 83.5 Å². The molecule has 1 aromatic heterocycles. The number of esters is 2. The number of aromatic nitrogens is 2. The summed E-state index contributed by atoms with van der Waals surface area (Å²) in [7, 11) is -11.0. The summed E-state index contributed by atoms with van der Waals surface area (Å²) in [5, 5.41) is 41.3. The molecule has 1 aromatic rings. The van der Waals surface area contributed by atoms with E-state index in [1.165, 1.54) is 44.2 Å². The Morgan fingerprint density at radius 1 is 0.757 bits per heavy atom. The summed E-state index contributed by atoms with van der Waals surface area (Å²) in [6.45, 7) is 1.81. The van der Waals surface area contributed by atoms with Crippen molar-refractivity contribution in [3.8, 4) is 0 Å². The number of phosphoric ester groups is 2. The first-order valence-corrected chi connectivity index (χ1v) is 27.5. The Balaban J connectivity index is 1.90. The number of aliphatic hydroxyl groups excluding tert-OH is 4. The van der Waals surface area contributed by atoms with E-state index >= 15 is 0 Å². The van der Waals surface area contributed by atoms with E-state index in [1.54, 1.807) is 30.4 Å². The van der Waals surface area contributed by atoms with Crippen LogP contribution in [0.3, 0.4) is 0 Å². The maximum absolute atomic E-state index is 12.9. The smallest absolute Gasteiger partial charge is 0.462 e. The fourth-order valence-corrected chi connectivity index (χ4v) is 8.96. The number of hydrogen-bond acceptors (Lipinski definition) is 17. The van der Waals surface area contributed by atoms with Crippen LogP contribution in [0.15, 0.2) is 77.8 Å². The number of carbonyl (C=O) groups is 2. The Labute approximate surface area is 412 Å². The molecule has 1 fully saturated rings. The van der Waals surface area contributed by atoms with Crippen LogP contribution in [-0.2, 0) is 46.3 Å². The zero-order chi connectivity index (χ0) is 51.6. The molecule has 2 heterocycles. The van der Waals surface area contributed by atoms with Gasteiger partial charge in [0.2, 0.25) is 0 Å². The van der Waals surface area contributed by atoms with Crippen LogP contribution in [0.4, 0.5) is 5.82 Å². The number of carbonyl (C=O) groups excluding carboxylic acids is 2. The number of aliphatic hydroxyl groups is 4. The highest BCUT2D eigenvalue weighted by molar-refractivity contribution is 7.61. The summed E-state index contributed by atoms with van der Waals surface area (Å²) < 4.78 is 56.4. The zero-order valence-electron chi connectivity index (χ0n) is 40.8. The Kier molecular flexibility index (Phi) is 32.4. The fourth-order valence-electron chi connectivity index (χ4n) is 6.85. The monoisotopic (exact) mass is 1030 g/mol. The van der Waals surface area contributed by atoms with Crippen molar-refractivity contribution < 1.29 is 76.5 Å². The van der Waals surface area contributed by atoms with Crippen LogP contribution >= 0.6 is 15.6 Å². The summed E-state index contributed by atoms with van der Waals surface area (Å²) in [5.74, 6) is -1.57. The van der Waals surface area contributed by atoms with Crippen molar-refractivity contribution in [2.75, 3.05) is 25.6 Å². The van der Waals surface area contributed by atoms with Crippen molar-refractivity contribution in [3.63, 3.8) is 0 Å². The molecule has 0 saturated carbocycles. The molecule has 0 spiro atoms. The lowest BCUT2D eigenvalue weighted by molar-refractivity contribution is -0.161. The highest BCUT2D eigenvalue weighted by Crippen LogP contribution is 2.60. The van der Waals surface area contributed by atoms with Crippen molar-refractivity contribution >= 4 is 33.4 Å². The van der Waals surface area contributed by atoms with E-state index in [9.17, 15) is 53.7 Å². The van der Waals surface area contributed by atoms with Gasteiger partial charge >= 0.3 is 33.3 Å². The Morgan fingerprint density at radius 2 is 1.33 bits per heavy atom. The highest BCUT2D eigenvalue weighted by atomic mass is 31.3. The van der Waals surface area contributed by atoms with Crippen LogP contribution in [0.2, 0.25) is 0 Å². The average Bonchev–Trinajstić information content (AvgIpc) is 3.58. The Morgan fingerprint density at radius 3 is 2.00 bits per heavy atom. The van der Waals surface area contributed by atoms with E-state index in [0.29, 0.717) is 12.8 Å². The third kappa shape index (κ3) is 29.0. The van der Waals surface area contributed by atoms with E-state index < -0.39 is 95.9 Å². The Hall–Kier alpha value is -3.62. The van der Waals surface area contributed by atoms with Crippen LogP contribution in [-0.4, -0.2) is 108 Å². The van der Waals surface area contributed by atoms with Gasteiger partial charge in [0.15, 0.2) is 12.3 Å². The first kappa shape index (κ1) is 62.5. The minimum absolute atomic E-state index is 0.0618. The number of allylic oxidation sites excluding steroid dienone is 7. The van der Waals surface area contributed by atoms with Crippen LogP contribution in [0.25, 0.3) is 0 Å². The Bertz CT molecular complexity index is 1940. The first-order valence-electron chi connectivity index (χ1n) is 24.5. The lowest BCUT2D eigenvalue weighted by Crippen LogP contribution is -2.36. The van der Waals surface area contributed by atoms with E-state index in [1.807, 2.05) is 6.08 Å². The molecule has 0 bridgehead atoms. The van der Waals surface area contributed by atoms with Crippen LogP contribution < -0.4 is 11.4 Å². The predicted molar refractivity (Wildman–Crippen MR) is 264 cm³/mol. The molecule has 0 amide bonds. The van der Waals surface area contributed by atoms with Crippen molar-refractivity contribution in [2.45, 2.75) is 185 Å². The summed E-state index contributed by atoms with van der Waals surface area (Å²) >= 11 is 0. The minimum Gasteiger partial charge on any atom is -0.462 e. The summed E-state index contributed by atoms with van der Waals surface area (Å²) in [4.78, 5) is 61.8. The number of ether oxygens (including phenoxy) is 3. The molecule has 2 rings (SSSR count). The number of nitrogen functional groups attached to an aromatic ring is 1. The molecule has 1 saturated heterocycles. The van der Waals surface area contributed by atoms with Gasteiger partial charge in [-0.1, -0.05) is 126 Å². The standard InChI is InChI=1S/C48H79N3O17P2/c1-3-5-7-9-11-12-13-14-15-16-17-19-25-31-43(54)63-35-40(66-44(55)32-26-30-39(53)29-24-21-20-23-28-38(52)27-22-18-10-8-6-4-2)36-64-69(59,60)68-70(61,62)65-37-41-45(56)46(57)47(67-41)51-34-33-42(49)50-48(51)58/h12-13,18,20-24,28-29,33-34,38-41,45-47,52-53,56-57H,3-11,14-17,19,25-27,30-32,35-37H2,1-2H3,(H,59,60)(H,61,62)(H2,49,50,58)/b13-12-,21-20+,22-18-,28-23+,29-24-/t38-,39-,40+,41+,45+,46+,47+/m0/s1. The van der Waals surface area contributed by atoms with Gasteiger partial charge in [-0.05, 0) is 70.3 Å². The second-order valence-corrected chi connectivity index (χ2v) is 20.0. The van der Waals surface area contributed by atoms with E-state index in [4.69, 9.17) is 29.0 Å². The number of unbranched alkanes of at least 4 members (excludes halogenated alkanes) is 12. The molecule has 70 heavy (non-hydrogen) atoms. The van der Waals surface area contributed by atoms with E-state index in [-0.39, 0.29) is 31.5 Å². The van der Waals surface area contributed by atoms with Gasteiger partial charge in [0.25, 0.3) is 0 Å². The van der Waals surface area contributed by atoms with Gasteiger partial charge in [0, 0.05) is 19.0 Å². The number of phosphoric acid groups is 2. The number of hydrogen-bond donors (Lipinski definition) is 7. The highest BCUT2D eigenvalue weighted by Gasteiger charge is 2.46. The SMILES string of the molecule is CCCCC/C=C\C[C@H](O)/C=C/C=C/C=C\[C@H](O)CCCC(=O)O[C@H](COC(=O)CCCCCCC/C=C\CCCCCC)COP(=O)(O)OP(=O)(O)OC[C@H]1O[C@@H](n2ccc(N)nc2=O)[C@H](O)[C@@H]1O. The van der Waals surface area contributed by atoms with Crippen molar-refractivity contribution in [1.29, 1.82) is 0 Å². The lowest BCUT2D eigenvalue weighted by Gasteiger charge is -2.21. The fraction of sp³-hybridized carbons (Fsp3) is 0.667. The zero-order valence-corrected chi connectivity index (χ0v) is 42.6. The molecule has 1 aliphatic heterocycles. The number of rotatable bonds is 39. The van der Waals surface area contributed by atoms with Gasteiger partial charge < -0.3 is 50.2 Å². The van der Waals surface area contributed by atoms with Crippen LogP contribution in [0, 0.1) is 0 Å². The molecule has 398 valence electrons. The molecule has 1 aliphatic rings. The normalized spacial score (nSPS) is 20.7. The van der Waals surface area contributed by atoms with Crippen molar-refractivity contribution in [2.24, 2.45) is 0 Å². The quantitative estimate of drug-likeness (QED) is 0.0110. The molecule has 20 nitrogen and oxygen atoms in total. The molecular weight excluding hydrogens is 952 g/mol. The topological polar surface area (TPSA) is 306 Å². The number of nitrogens with two attached hydrogens (primary N) is 1. The van der Waals surface area contributed by atoms with Gasteiger partial charge in [0.05, 0.1) is 25.4 Å². The molecule has 22 heteroatoms. The summed E-state index contributed by atoms with van der Waals surface area (Å²) in [6.07, 6.45) is 26.4. The largest absolute Gasteiger partial charge is 0.481 e. The maximum atomic E-state index is 12.9. The van der Waals surface area contributed by atoms with Gasteiger partial charge in [-0.15, -0.1) is 0 Å². The maximum Gasteiger partial charge on any atom is 0.481 e. The lowest BCUT2D eigenvalue weighted by atomic mass is 10.1. The number of anilines is 1. The first-order chi connectivity index (χ1) is 33.5. The average molecular weight is 1030 g/mol. The van der Waals surface area contributed by atoms with Gasteiger partial charge in [-0.3, -0.25) is 23.2 Å². The van der Waals surface area contributed by atoms with Crippen LogP contribution in [0.5, 0.6) is 0 Å². The molecule has 0 aromatic carbocycles. The molecule has 0 aliphatic carbocycles. The van der Waals surface area contributed by atoms with E-state index in [0.717, 1.165) is 68.6 Å². The predicted octanol–water partition coefficient (Wildman–Crippen LogP) is 7.49. The second-order valence-electron chi connectivity index (χ2n) is 17.0. The molecule has 0 radical (unpaired) electrons. The number of nitrogens with zero attached hydrogens (tertiary/aromatic N) is 2. The molecule has 8 N–H and O–H groups in total. The van der Waals surface area contributed by atoms with E-state index in [2.05, 4.69) is 41.4 Å². The van der Waals surface area contributed by atoms with Gasteiger partial charge in [-0.25, -0.2) is 13.9 Å². The third-order valence-corrected chi connectivity index (χ3v) is 13.4. The molecule has 9 atom stereocenters. The van der Waals surface area contributed by atoms with Gasteiger partial charge in [-0.2, -0.15) is 9.29 Å². The second kappa shape index (κ2) is 36.3. The molecule has 2 unspecified atom stereocenters. The minimum atomic E-state index is -5.49. The van der Waals surface area contributed by atoms with Crippen molar-refractivity contribution in [1.82, 2.24) is 9.55 Å². The van der Waals surface area contributed by atoms with Crippen LogP contribution in [0.1, 0.15) is 148 Å². The third-order valence-electron chi connectivity index (χ3n) is 10.8. The summed E-state index contributed by atoms with van der Waals surface area (Å²) in [5.41, 5.74) is 4.56. The molecular formula is C48H79N3O17P2. The van der Waals surface area contributed by atoms with Gasteiger partial charge in [0.1, 0.15) is 30.7 Å².